The minimum Gasteiger partial charge on any atom is -0.303 e. The third kappa shape index (κ3) is 3.12. The highest BCUT2D eigenvalue weighted by Gasteiger charge is 2.25. The largest absolute Gasteiger partial charge is 0.303 e. The molecule has 0 aromatic heterocycles. The predicted molar refractivity (Wildman–Crippen MR) is 75.5 cm³/mol. The Morgan fingerprint density at radius 1 is 0.944 bits per heavy atom. The van der Waals surface area contributed by atoms with Crippen LogP contribution in [-0.4, -0.2) is 42.5 Å². The molecule has 2 aliphatic heterocycles. The summed E-state index contributed by atoms with van der Waals surface area (Å²) in [6, 6.07) is 10.9. The SMILES string of the molecule is c1ccc(CN2CC[C@@H](CN3CCCC3)C2)cc1. The lowest BCUT2D eigenvalue weighted by atomic mass is 10.1. The van der Waals surface area contributed by atoms with Crippen molar-refractivity contribution in [2.75, 3.05) is 32.7 Å². The van der Waals surface area contributed by atoms with Gasteiger partial charge in [0.25, 0.3) is 0 Å². The van der Waals surface area contributed by atoms with Crippen LogP contribution in [0.15, 0.2) is 30.3 Å². The van der Waals surface area contributed by atoms with Crippen LogP contribution in [0, 0.1) is 5.92 Å². The molecular formula is C16H24N2. The molecule has 2 heteroatoms. The van der Waals surface area contributed by atoms with Crippen LogP contribution in [0.1, 0.15) is 24.8 Å². The molecule has 0 saturated carbocycles. The fraction of sp³-hybridized carbons (Fsp3) is 0.625. The van der Waals surface area contributed by atoms with E-state index in [9.17, 15) is 0 Å². The topological polar surface area (TPSA) is 6.48 Å². The zero-order valence-corrected chi connectivity index (χ0v) is 11.2. The van der Waals surface area contributed by atoms with Crippen LogP contribution in [-0.2, 0) is 6.54 Å². The Bertz CT molecular complexity index is 357. The maximum atomic E-state index is 2.66. The van der Waals surface area contributed by atoms with Crippen molar-refractivity contribution in [3.05, 3.63) is 35.9 Å². The van der Waals surface area contributed by atoms with Gasteiger partial charge in [0.05, 0.1) is 0 Å². The zero-order valence-electron chi connectivity index (χ0n) is 11.2. The highest BCUT2D eigenvalue weighted by atomic mass is 15.2. The fourth-order valence-electron chi connectivity index (χ4n) is 3.38. The molecule has 1 aromatic carbocycles. The third-order valence-corrected chi connectivity index (χ3v) is 4.33. The normalized spacial score (nSPS) is 25.9. The van der Waals surface area contributed by atoms with Crippen molar-refractivity contribution in [2.24, 2.45) is 5.92 Å². The molecule has 3 rings (SSSR count). The summed E-state index contributed by atoms with van der Waals surface area (Å²) >= 11 is 0. The van der Waals surface area contributed by atoms with Gasteiger partial charge in [-0.25, -0.2) is 0 Å². The van der Waals surface area contributed by atoms with Crippen molar-refractivity contribution in [3.8, 4) is 0 Å². The second kappa shape index (κ2) is 5.85. The van der Waals surface area contributed by atoms with Gasteiger partial charge in [0.2, 0.25) is 0 Å². The second-order valence-electron chi connectivity index (χ2n) is 5.88. The van der Waals surface area contributed by atoms with Crippen LogP contribution in [0.2, 0.25) is 0 Å². The molecule has 0 radical (unpaired) electrons. The Kier molecular flexibility index (Phi) is 3.96. The predicted octanol–water partition coefficient (Wildman–Crippen LogP) is 2.60. The number of rotatable bonds is 4. The van der Waals surface area contributed by atoms with Gasteiger partial charge in [0, 0.05) is 19.6 Å². The van der Waals surface area contributed by atoms with E-state index in [4.69, 9.17) is 0 Å². The lowest BCUT2D eigenvalue weighted by Crippen LogP contribution is -2.28. The monoisotopic (exact) mass is 244 g/mol. The van der Waals surface area contributed by atoms with Crippen molar-refractivity contribution in [3.63, 3.8) is 0 Å². The second-order valence-corrected chi connectivity index (χ2v) is 5.88. The van der Waals surface area contributed by atoms with Crippen LogP contribution in [0.3, 0.4) is 0 Å². The van der Waals surface area contributed by atoms with Crippen molar-refractivity contribution in [1.29, 1.82) is 0 Å². The van der Waals surface area contributed by atoms with Crippen LogP contribution < -0.4 is 0 Å². The maximum absolute atomic E-state index is 2.66. The zero-order chi connectivity index (χ0) is 12.2. The lowest BCUT2D eigenvalue weighted by Gasteiger charge is -2.20. The van der Waals surface area contributed by atoms with Gasteiger partial charge in [0.15, 0.2) is 0 Å². The third-order valence-electron chi connectivity index (χ3n) is 4.33. The minimum absolute atomic E-state index is 0.909. The minimum atomic E-state index is 0.909. The van der Waals surface area contributed by atoms with E-state index in [0.717, 1.165) is 12.5 Å². The smallest absolute Gasteiger partial charge is 0.0233 e. The van der Waals surface area contributed by atoms with Gasteiger partial charge in [-0.2, -0.15) is 0 Å². The van der Waals surface area contributed by atoms with E-state index in [2.05, 4.69) is 40.1 Å². The summed E-state index contributed by atoms with van der Waals surface area (Å²) in [7, 11) is 0. The van der Waals surface area contributed by atoms with Crippen LogP contribution >= 0.6 is 0 Å². The van der Waals surface area contributed by atoms with E-state index in [1.807, 2.05) is 0 Å². The Balaban J connectivity index is 1.46. The molecule has 1 atom stereocenters. The molecule has 2 heterocycles. The molecule has 0 amide bonds. The van der Waals surface area contributed by atoms with Gasteiger partial charge in [-0.3, -0.25) is 4.90 Å². The average molecular weight is 244 g/mol. The summed E-state index contributed by atoms with van der Waals surface area (Å²) in [5, 5.41) is 0. The first-order valence-corrected chi connectivity index (χ1v) is 7.39. The van der Waals surface area contributed by atoms with Crippen LogP contribution in [0.4, 0.5) is 0 Å². The molecule has 0 N–H and O–H groups in total. The van der Waals surface area contributed by atoms with E-state index in [-0.39, 0.29) is 0 Å². The number of benzene rings is 1. The highest BCUT2D eigenvalue weighted by Crippen LogP contribution is 2.21. The van der Waals surface area contributed by atoms with Gasteiger partial charge in [0.1, 0.15) is 0 Å². The Morgan fingerprint density at radius 2 is 1.72 bits per heavy atom. The molecule has 2 aliphatic rings. The molecule has 0 aliphatic carbocycles. The fourth-order valence-corrected chi connectivity index (χ4v) is 3.38. The summed E-state index contributed by atoms with van der Waals surface area (Å²) in [6.45, 7) is 7.74. The molecule has 0 bridgehead atoms. The molecule has 18 heavy (non-hydrogen) atoms. The molecule has 98 valence electrons. The highest BCUT2D eigenvalue weighted by molar-refractivity contribution is 5.14. The van der Waals surface area contributed by atoms with E-state index < -0.39 is 0 Å². The van der Waals surface area contributed by atoms with Gasteiger partial charge in [-0.05, 0) is 50.4 Å². The van der Waals surface area contributed by atoms with Crippen LogP contribution in [0.5, 0.6) is 0 Å². The first-order valence-electron chi connectivity index (χ1n) is 7.39. The van der Waals surface area contributed by atoms with E-state index in [1.165, 1.54) is 57.5 Å². The Morgan fingerprint density at radius 3 is 2.50 bits per heavy atom. The van der Waals surface area contributed by atoms with Crippen molar-refractivity contribution < 1.29 is 0 Å². The average Bonchev–Trinajstić information content (AvgIpc) is 3.03. The first kappa shape index (κ1) is 12.2. The first-order chi connectivity index (χ1) is 8.90. The molecule has 2 nitrogen and oxygen atoms in total. The summed E-state index contributed by atoms with van der Waals surface area (Å²) < 4.78 is 0. The van der Waals surface area contributed by atoms with E-state index in [1.54, 1.807) is 0 Å². The number of nitrogens with zero attached hydrogens (tertiary/aromatic N) is 2. The quantitative estimate of drug-likeness (QED) is 0.803. The van der Waals surface area contributed by atoms with Crippen molar-refractivity contribution in [1.82, 2.24) is 9.80 Å². The molecule has 2 fully saturated rings. The molecule has 2 saturated heterocycles. The van der Waals surface area contributed by atoms with Crippen molar-refractivity contribution >= 4 is 0 Å². The molecule has 1 aromatic rings. The number of likely N-dealkylation sites (tertiary alicyclic amines) is 2. The maximum Gasteiger partial charge on any atom is 0.0233 e. The van der Waals surface area contributed by atoms with E-state index >= 15 is 0 Å². The summed E-state index contributed by atoms with van der Waals surface area (Å²) in [5.41, 5.74) is 1.46. The Hall–Kier alpha value is -0.860. The standard InChI is InChI=1S/C16H24N2/c1-2-6-15(7-3-1)12-18-11-8-16(14-18)13-17-9-4-5-10-17/h1-3,6-7,16H,4-5,8-14H2/t16-/m0/s1. The molecule has 0 spiro atoms. The van der Waals surface area contributed by atoms with Gasteiger partial charge >= 0.3 is 0 Å². The van der Waals surface area contributed by atoms with Gasteiger partial charge < -0.3 is 4.90 Å². The molecular weight excluding hydrogens is 220 g/mol. The van der Waals surface area contributed by atoms with Crippen molar-refractivity contribution in [2.45, 2.75) is 25.8 Å². The van der Waals surface area contributed by atoms with Crippen LogP contribution in [0.25, 0.3) is 0 Å². The number of hydrogen-bond acceptors (Lipinski definition) is 2. The summed E-state index contributed by atoms with van der Waals surface area (Å²) in [6.07, 6.45) is 4.23. The summed E-state index contributed by atoms with van der Waals surface area (Å²) in [4.78, 5) is 5.28. The van der Waals surface area contributed by atoms with E-state index in [0.29, 0.717) is 0 Å². The van der Waals surface area contributed by atoms with Gasteiger partial charge in [-0.1, -0.05) is 30.3 Å². The van der Waals surface area contributed by atoms with Gasteiger partial charge in [-0.15, -0.1) is 0 Å². The summed E-state index contributed by atoms with van der Waals surface area (Å²) in [5.74, 6) is 0.909. The lowest BCUT2D eigenvalue weighted by molar-refractivity contribution is 0.261. The number of hydrogen-bond donors (Lipinski definition) is 0. The Labute approximate surface area is 111 Å². The molecule has 0 unspecified atom stereocenters.